The normalized spacial score (nSPS) is 53.4. The lowest BCUT2D eigenvalue weighted by Gasteiger charge is -2.64. The smallest absolute Gasteiger partial charge is 0.0200 e. The second kappa shape index (κ2) is 3.93. The van der Waals surface area contributed by atoms with Crippen LogP contribution in [0, 0.1) is 34.0 Å². The maximum atomic E-state index is 4.44. The number of hydrogen-bond donors (Lipinski definition) is 0. The van der Waals surface area contributed by atoms with E-state index >= 15 is 0 Å². The highest BCUT2D eigenvalue weighted by molar-refractivity contribution is 5.22. The number of fused-ring (bicyclic) bond motifs is 3. The summed E-state index contributed by atoms with van der Waals surface area (Å²) in [6.45, 7) is 12.2. The number of rotatable bonds is 0. The molecule has 20 heavy (non-hydrogen) atoms. The van der Waals surface area contributed by atoms with E-state index in [1.54, 1.807) is 5.57 Å². The zero-order valence-electron chi connectivity index (χ0n) is 13.8. The summed E-state index contributed by atoms with van der Waals surface area (Å²) in [7, 11) is 0. The molecule has 2 bridgehead atoms. The van der Waals surface area contributed by atoms with Crippen molar-refractivity contribution in [1.29, 1.82) is 0 Å². The van der Waals surface area contributed by atoms with E-state index in [1.165, 1.54) is 57.8 Å². The first kappa shape index (κ1) is 13.4. The Morgan fingerprint density at radius 3 is 2.55 bits per heavy atom. The van der Waals surface area contributed by atoms with Gasteiger partial charge in [0.15, 0.2) is 0 Å². The average Bonchev–Trinajstić information content (AvgIpc) is 2.58. The quantitative estimate of drug-likeness (QED) is 0.476. The molecular formula is C20H32. The summed E-state index contributed by atoms with van der Waals surface area (Å²) >= 11 is 0. The van der Waals surface area contributed by atoms with E-state index in [0.29, 0.717) is 16.2 Å². The van der Waals surface area contributed by atoms with Gasteiger partial charge in [-0.05, 0) is 85.4 Å². The zero-order chi connectivity index (χ0) is 14.2. The summed E-state index contributed by atoms with van der Waals surface area (Å²) in [6, 6.07) is 0. The lowest BCUT2D eigenvalue weighted by atomic mass is 9.41. The summed E-state index contributed by atoms with van der Waals surface area (Å²) in [4.78, 5) is 0. The van der Waals surface area contributed by atoms with Crippen LogP contribution < -0.4 is 0 Å². The number of hydrogen-bond acceptors (Lipinski definition) is 0. The third kappa shape index (κ3) is 1.54. The van der Waals surface area contributed by atoms with Crippen LogP contribution in [0.4, 0.5) is 0 Å². The molecule has 112 valence electrons. The van der Waals surface area contributed by atoms with Crippen LogP contribution in [-0.4, -0.2) is 0 Å². The second-order valence-electron chi connectivity index (χ2n) is 9.67. The Labute approximate surface area is 125 Å². The Morgan fingerprint density at radius 2 is 1.75 bits per heavy atom. The van der Waals surface area contributed by atoms with E-state index in [1.807, 2.05) is 0 Å². The highest BCUT2D eigenvalue weighted by atomic mass is 14.7. The van der Waals surface area contributed by atoms with Gasteiger partial charge >= 0.3 is 0 Å². The first-order valence-corrected chi connectivity index (χ1v) is 9.05. The topological polar surface area (TPSA) is 0 Å². The summed E-state index contributed by atoms with van der Waals surface area (Å²) < 4.78 is 0. The van der Waals surface area contributed by atoms with Crippen LogP contribution in [0.1, 0.15) is 78.6 Å². The molecule has 0 saturated heterocycles. The van der Waals surface area contributed by atoms with E-state index in [9.17, 15) is 0 Å². The predicted molar refractivity (Wildman–Crippen MR) is 85.5 cm³/mol. The van der Waals surface area contributed by atoms with Gasteiger partial charge in [-0.1, -0.05) is 39.3 Å². The third-order valence-electron chi connectivity index (χ3n) is 8.36. The standard InChI is InChI=1S/C20H32/c1-14-12-20-11-8-16-18(2,3)9-5-10-19(16,4)17(20)7-6-15(14)13-20/h15-17H,1,5-13H2,2-4H3/t15?,16-,17+,19-,20-/m1/s1. The Kier molecular flexibility index (Phi) is 2.63. The van der Waals surface area contributed by atoms with Gasteiger partial charge < -0.3 is 0 Å². The van der Waals surface area contributed by atoms with Gasteiger partial charge in [0.1, 0.15) is 0 Å². The molecule has 0 nitrogen and oxygen atoms in total. The van der Waals surface area contributed by atoms with Crippen molar-refractivity contribution in [2.75, 3.05) is 0 Å². The molecule has 0 radical (unpaired) electrons. The van der Waals surface area contributed by atoms with Crippen molar-refractivity contribution in [3.8, 4) is 0 Å². The fourth-order valence-corrected chi connectivity index (χ4v) is 7.68. The summed E-state index contributed by atoms with van der Waals surface area (Å²) in [5, 5.41) is 0. The summed E-state index contributed by atoms with van der Waals surface area (Å²) in [6.07, 6.45) is 13.3. The van der Waals surface area contributed by atoms with E-state index in [-0.39, 0.29) is 0 Å². The first-order valence-electron chi connectivity index (χ1n) is 9.05. The molecule has 0 heteroatoms. The van der Waals surface area contributed by atoms with Crippen molar-refractivity contribution in [1.82, 2.24) is 0 Å². The van der Waals surface area contributed by atoms with Gasteiger partial charge in [0, 0.05) is 0 Å². The minimum Gasteiger partial charge on any atom is -0.0996 e. The van der Waals surface area contributed by atoms with E-state index < -0.39 is 0 Å². The summed E-state index contributed by atoms with van der Waals surface area (Å²) in [5.41, 5.74) is 3.51. The van der Waals surface area contributed by atoms with Gasteiger partial charge in [0.2, 0.25) is 0 Å². The predicted octanol–water partition coefficient (Wildman–Crippen LogP) is 5.98. The molecule has 4 fully saturated rings. The van der Waals surface area contributed by atoms with Gasteiger partial charge in [-0.25, -0.2) is 0 Å². The van der Waals surface area contributed by atoms with Crippen LogP contribution in [0.2, 0.25) is 0 Å². The molecule has 4 aliphatic rings. The molecule has 4 saturated carbocycles. The van der Waals surface area contributed by atoms with E-state index in [0.717, 1.165) is 17.8 Å². The van der Waals surface area contributed by atoms with Crippen LogP contribution in [0.5, 0.6) is 0 Å². The third-order valence-corrected chi connectivity index (χ3v) is 8.36. The second-order valence-corrected chi connectivity index (χ2v) is 9.67. The van der Waals surface area contributed by atoms with Crippen LogP contribution in [-0.2, 0) is 0 Å². The first-order chi connectivity index (χ1) is 9.37. The molecule has 0 aromatic carbocycles. The Hall–Kier alpha value is -0.260. The monoisotopic (exact) mass is 272 g/mol. The molecule has 1 spiro atoms. The Balaban J connectivity index is 1.74. The van der Waals surface area contributed by atoms with E-state index in [4.69, 9.17) is 0 Å². The molecule has 0 aromatic rings. The van der Waals surface area contributed by atoms with Gasteiger partial charge in [-0.3, -0.25) is 0 Å². The molecule has 0 heterocycles. The Morgan fingerprint density at radius 1 is 0.950 bits per heavy atom. The SMILES string of the molecule is C=C1C[C@@]23CC[C@@H]4C(C)(C)CCC[C@@]4(C)[C@@H]2CCC1C3. The lowest BCUT2D eigenvalue weighted by Crippen LogP contribution is -2.55. The van der Waals surface area contributed by atoms with Crippen molar-refractivity contribution >= 4 is 0 Å². The molecule has 5 atom stereocenters. The fraction of sp³-hybridized carbons (Fsp3) is 0.900. The van der Waals surface area contributed by atoms with Gasteiger partial charge in [0.05, 0.1) is 0 Å². The Bertz CT molecular complexity index is 445. The van der Waals surface area contributed by atoms with Crippen molar-refractivity contribution in [2.24, 2.45) is 34.0 Å². The van der Waals surface area contributed by atoms with Crippen molar-refractivity contribution in [3.05, 3.63) is 12.2 Å². The lowest BCUT2D eigenvalue weighted by molar-refractivity contribution is -0.144. The highest BCUT2D eigenvalue weighted by Crippen LogP contribution is 2.72. The molecule has 1 unspecified atom stereocenters. The minimum absolute atomic E-state index is 0.584. The van der Waals surface area contributed by atoms with Crippen LogP contribution in [0.15, 0.2) is 12.2 Å². The maximum Gasteiger partial charge on any atom is -0.0200 e. The highest BCUT2D eigenvalue weighted by Gasteiger charge is 2.62. The zero-order valence-corrected chi connectivity index (χ0v) is 13.8. The molecule has 0 aliphatic heterocycles. The minimum atomic E-state index is 0.584. The van der Waals surface area contributed by atoms with Crippen LogP contribution in [0.25, 0.3) is 0 Å². The van der Waals surface area contributed by atoms with Crippen molar-refractivity contribution < 1.29 is 0 Å². The van der Waals surface area contributed by atoms with Gasteiger partial charge in [-0.2, -0.15) is 0 Å². The van der Waals surface area contributed by atoms with Gasteiger partial charge in [0.25, 0.3) is 0 Å². The van der Waals surface area contributed by atoms with Crippen LogP contribution >= 0.6 is 0 Å². The average molecular weight is 272 g/mol. The molecule has 4 aliphatic carbocycles. The van der Waals surface area contributed by atoms with E-state index in [2.05, 4.69) is 27.4 Å². The fourth-order valence-electron chi connectivity index (χ4n) is 7.68. The molecule has 0 N–H and O–H groups in total. The van der Waals surface area contributed by atoms with Crippen molar-refractivity contribution in [3.63, 3.8) is 0 Å². The maximum absolute atomic E-state index is 4.44. The number of allylic oxidation sites excluding steroid dienone is 1. The van der Waals surface area contributed by atoms with Crippen molar-refractivity contribution in [2.45, 2.75) is 78.6 Å². The summed E-state index contributed by atoms with van der Waals surface area (Å²) in [5.74, 6) is 2.87. The van der Waals surface area contributed by atoms with Gasteiger partial charge in [-0.15, -0.1) is 0 Å². The molecule has 4 rings (SSSR count). The van der Waals surface area contributed by atoms with Crippen LogP contribution in [0.3, 0.4) is 0 Å². The molecule has 0 amide bonds. The molecule has 0 aromatic heterocycles. The largest absolute Gasteiger partial charge is 0.0996 e. The molecular weight excluding hydrogens is 240 g/mol.